The number of hydrogen-bond acceptors (Lipinski definition) is 6. The maximum absolute atomic E-state index is 12.6. The van der Waals surface area contributed by atoms with Crippen molar-refractivity contribution in [3.8, 4) is 0 Å². The van der Waals surface area contributed by atoms with Crippen LogP contribution in [0.3, 0.4) is 0 Å². The predicted octanol–water partition coefficient (Wildman–Crippen LogP) is 3.59. The van der Waals surface area contributed by atoms with Crippen LogP contribution in [-0.2, 0) is 13.0 Å². The van der Waals surface area contributed by atoms with Crippen molar-refractivity contribution >= 4 is 34.1 Å². The molecule has 1 aromatic carbocycles. The molecule has 0 unspecified atom stereocenters. The Labute approximate surface area is 165 Å². The van der Waals surface area contributed by atoms with Gasteiger partial charge in [-0.2, -0.15) is 0 Å². The van der Waals surface area contributed by atoms with Gasteiger partial charge in [-0.3, -0.25) is 10.1 Å². The molecule has 0 atom stereocenters. The van der Waals surface area contributed by atoms with E-state index in [1.54, 1.807) is 17.9 Å². The van der Waals surface area contributed by atoms with Crippen LogP contribution < -0.4 is 10.6 Å². The second kappa shape index (κ2) is 7.43. The van der Waals surface area contributed by atoms with Crippen LogP contribution in [0.1, 0.15) is 32.4 Å². The van der Waals surface area contributed by atoms with Crippen LogP contribution in [0.15, 0.2) is 34.9 Å². The quantitative estimate of drug-likeness (QED) is 0.703. The first kappa shape index (κ1) is 18.2. The minimum absolute atomic E-state index is 0.145. The van der Waals surface area contributed by atoms with Gasteiger partial charge in [-0.15, -0.1) is 0 Å². The van der Waals surface area contributed by atoms with Crippen LogP contribution in [0.2, 0.25) is 0 Å². The van der Waals surface area contributed by atoms with Crippen molar-refractivity contribution in [3.63, 3.8) is 0 Å². The molecule has 1 aliphatic heterocycles. The number of rotatable bonds is 3. The van der Waals surface area contributed by atoms with Crippen molar-refractivity contribution < 1.29 is 14.1 Å². The molecule has 3 amide bonds. The van der Waals surface area contributed by atoms with Gasteiger partial charge < -0.3 is 14.7 Å². The summed E-state index contributed by atoms with van der Waals surface area (Å²) in [6.45, 7) is 4.74. The van der Waals surface area contributed by atoms with Gasteiger partial charge >= 0.3 is 6.03 Å². The molecule has 3 heterocycles. The Bertz CT molecular complexity index is 1040. The fraction of sp³-hybridized carbons (Fsp3) is 0.263. The summed E-state index contributed by atoms with van der Waals surface area (Å²) in [6, 6.07) is 9.11. The van der Waals surface area contributed by atoms with Gasteiger partial charge in [-0.1, -0.05) is 28.6 Å². The van der Waals surface area contributed by atoms with E-state index in [-0.39, 0.29) is 17.6 Å². The molecule has 2 aromatic heterocycles. The monoisotopic (exact) mass is 397 g/mol. The number of urea groups is 1. The molecule has 0 bridgehead atoms. The maximum Gasteiger partial charge on any atom is 0.322 e. The van der Waals surface area contributed by atoms with Crippen LogP contribution in [0.5, 0.6) is 0 Å². The average molecular weight is 397 g/mol. The average Bonchev–Trinajstić information content (AvgIpc) is 3.26. The molecule has 0 aliphatic carbocycles. The molecule has 8 nitrogen and oxygen atoms in total. The highest BCUT2D eigenvalue weighted by molar-refractivity contribution is 7.15. The number of hydrogen-bond donors (Lipinski definition) is 2. The molecule has 0 saturated heterocycles. The number of nitrogens with one attached hydrogen (secondary N) is 2. The standard InChI is InChI=1S/C19H19N5O3S/c1-11-4-3-5-13(8-11)20-19(26)24-7-6-14-16(10-24)28-18(21-14)22-17(25)15-9-12(2)27-23-15/h3-5,8-9H,6-7,10H2,1-2H3,(H,20,26)(H,21,22,25). The lowest BCUT2D eigenvalue weighted by molar-refractivity contribution is 0.101. The highest BCUT2D eigenvalue weighted by Gasteiger charge is 2.25. The summed E-state index contributed by atoms with van der Waals surface area (Å²) in [5.74, 6) is 0.204. The third kappa shape index (κ3) is 3.89. The number of carbonyl (C=O) groups excluding carboxylic acids is 2. The summed E-state index contributed by atoms with van der Waals surface area (Å²) in [5.41, 5.74) is 2.99. The smallest absolute Gasteiger partial charge is 0.322 e. The summed E-state index contributed by atoms with van der Waals surface area (Å²) in [4.78, 5) is 32.0. The second-order valence-electron chi connectivity index (χ2n) is 6.64. The Balaban J connectivity index is 1.41. The van der Waals surface area contributed by atoms with E-state index < -0.39 is 0 Å². The van der Waals surface area contributed by atoms with E-state index in [1.165, 1.54) is 11.3 Å². The molecule has 0 saturated carbocycles. The first-order valence-corrected chi connectivity index (χ1v) is 9.65. The Morgan fingerprint density at radius 2 is 2.07 bits per heavy atom. The number of anilines is 2. The Morgan fingerprint density at radius 3 is 2.82 bits per heavy atom. The van der Waals surface area contributed by atoms with E-state index in [2.05, 4.69) is 20.8 Å². The number of aryl methyl sites for hydroxylation is 2. The van der Waals surface area contributed by atoms with E-state index >= 15 is 0 Å². The normalized spacial score (nSPS) is 13.1. The number of amides is 3. The first-order valence-electron chi connectivity index (χ1n) is 8.84. The third-order valence-electron chi connectivity index (χ3n) is 4.37. The van der Waals surface area contributed by atoms with Crippen LogP contribution in [0.4, 0.5) is 15.6 Å². The van der Waals surface area contributed by atoms with E-state index in [9.17, 15) is 9.59 Å². The zero-order valence-corrected chi connectivity index (χ0v) is 16.3. The van der Waals surface area contributed by atoms with Crippen LogP contribution >= 0.6 is 11.3 Å². The highest BCUT2D eigenvalue weighted by atomic mass is 32.1. The summed E-state index contributed by atoms with van der Waals surface area (Å²) in [7, 11) is 0. The van der Waals surface area contributed by atoms with Gasteiger partial charge in [-0.05, 0) is 31.5 Å². The van der Waals surface area contributed by atoms with Gasteiger partial charge in [0.15, 0.2) is 10.8 Å². The lowest BCUT2D eigenvalue weighted by Gasteiger charge is -2.26. The second-order valence-corrected chi connectivity index (χ2v) is 7.72. The third-order valence-corrected chi connectivity index (χ3v) is 5.37. The molecule has 9 heteroatoms. The number of nitrogens with zero attached hydrogens (tertiary/aromatic N) is 3. The first-order chi connectivity index (χ1) is 13.5. The van der Waals surface area contributed by atoms with Crippen LogP contribution in [0, 0.1) is 13.8 Å². The minimum Gasteiger partial charge on any atom is -0.361 e. The van der Waals surface area contributed by atoms with Gasteiger partial charge in [0, 0.05) is 29.6 Å². The molecule has 0 spiro atoms. The fourth-order valence-corrected chi connectivity index (χ4v) is 4.00. The molecule has 3 aromatic rings. The van der Waals surface area contributed by atoms with Crippen LogP contribution in [-0.4, -0.2) is 33.5 Å². The number of fused-ring (bicyclic) bond motifs is 1. The van der Waals surface area contributed by atoms with Gasteiger partial charge in [0.2, 0.25) is 0 Å². The lowest BCUT2D eigenvalue weighted by atomic mass is 10.2. The summed E-state index contributed by atoms with van der Waals surface area (Å²) in [5, 5.41) is 9.88. The number of thiazole rings is 1. The zero-order chi connectivity index (χ0) is 19.7. The highest BCUT2D eigenvalue weighted by Crippen LogP contribution is 2.29. The van der Waals surface area contributed by atoms with Gasteiger partial charge in [0.25, 0.3) is 5.91 Å². The molecular formula is C19H19N5O3S. The van der Waals surface area contributed by atoms with Crippen molar-refractivity contribution in [2.75, 3.05) is 17.2 Å². The van der Waals surface area contributed by atoms with Crippen LogP contribution in [0.25, 0.3) is 0 Å². The van der Waals surface area contributed by atoms with Gasteiger partial charge in [-0.25, -0.2) is 9.78 Å². The van der Waals surface area contributed by atoms with E-state index in [4.69, 9.17) is 4.52 Å². The SMILES string of the molecule is Cc1cccc(NC(=O)N2CCc3nc(NC(=O)c4cc(C)on4)sc3C2)c1. The van der Waals surface area contributed by atoms with E-state index in [1.807, 2.05) is 31.2 Å². The van der Waals surface area contributed by atoms with Crippen molar-refractivity contribution in [1.29, 1.82) is 0 Å². The molecule has 28 heavy (non-hydrogen) atoms. The predicted molar refractivity (Wildman–Crippen MR) is 106 cm³/mol. The van der Waals surface area contributed by atoms with Crippen molar-refractivity contribution in [2.24, 2.45) is 0 Å². The van der Waals surface area contributed by atoms with Crippen molar-refractivity contribution in [2.45, 2.75) is 26.8 Å². The number of carbonyl (C=O) groups is 2. The maximum atomic E-state index is 12.6. The fourth-order valence-electron chi connectivity index (χ4n) is 2.98. The van der Waals surface area contributed by atoms with Crippen molar-refractivity contribution in [1.82, 2.24) is 15.0 Å². The topological polar surface area (TPSA) is 100 Å². The molecule has 0 radical (unpaired) electrons. The zero-order valence-electron chi connectivity index (χ0n) is 15.5. The Hall–Kier alpha value is -3.20. The molecule has 1 aliphatic rings. The Kier molecular flexibility index (Phi) is 4.82. The van der Waals surface area contributed by atoms with Gasteiger partial charge in [0.1, 0.15) is 5.76 Å². The lowest BCUT2D eigenvalue weighted by Crippen LogP contribution is -2.38. The molecule has 0 fully saturated rings. The minimum atomic E-state index is -0.364. The summed E-state index contributed by atoms with van der Waals surface area (Å²) < 4.78 is 4.92. The molecule has 4 rings (SSSR count). The molecule has 2 N–H and O–H groups in total. The summed E-state index contributed by atoms with van der Waals surface area (Å²) in [6.07, 6.45) is 0.645. The number of aromatic nitrogens is 2. The molecular weight excluding hydrogens is 378 g/mol. The van der Waals surface area contributed by atoms with Gasteiger partial charge in [0.05, 0.1) is 12.2 Å². The van der Waals surface area contributed by atoms with Crippen molar-refractivity contribution in [3.05, 3.63) is 57.9 Å². The van der Waals surface area contributed by atoms with E-state index in [0.717, 1.165) is 21.8 Å². The molecule has 144 valence electrons. The summed E-state index contributed by atoms with van der Waals surface area (Å²) >= 11 is 1.37. The Morgan fingerprint density at radius 1 is 1.21 bits per heavy atom. The number of benzene rings is 1. The largest absolute Gasteiger partial charge is 0.361 e. The van der Waals surface area contributed by atoms with E-state index in [0.29, 0.717) is 30.4 Å².